The van der Waals surface area contributed by atoms with Gasteiger partial charge in [0.05, 0.1) is 41.4 Å². The van der Waals surface area contributed by atoms with Crippen LogP contribution < -0.4 is 10.1 Å². The van der Waals surface area contributed by atoms with Gasteiger partial charge < -0.3 is 10.1 Å². The number of halogens is 4. The monoisotopic (exact) mass is 455 g/mol. The number of ether oxygens (including phenoxy) is 1. The van der Waals surface area contributed by atoms with E-state index in [-0.39, 0.29) is 5.69 Å². The van der Waals surface area contributed by atoms with Gasteiger partial charge in [-0.1, -0.05) is 23.7 Å². The summed E-state index contributed by atoms with van der Waals surface area (Å²) < 4.78 is 46.8. The van der Waals surface area contributed by atoms with Crippen LogP contribution in [0.15, 0.2) is 24.3 Å². The maximum absolute atomic E-state index is 13.0. The molecule has 0 saturated heterocycles. The Morgan fingerprint density at radius 1 is 1.16 bits per heavy atom. The van der Waals surface area contributed by atoms with Crippen LogP contribution in [0.2, 0.25) is 5.02 Å². The average Bonchev–Trinajstić information content (AvgIpc) is 3.13. The number of alkyl halides is 3. The minimum absolute atomic E-state index is 0.0614. The molecule has 1 aromatic carbocycles. The Bertz CT molecular complexity index is 1120. The fraction of sp³-hybridized carbons (Fsp3) is 0.350. The molecule has 0 spiro atoms. The van der Waals surface area contributed by atoms with E-state index in [1.54, 1.807) is 25.6 Å². The van der Waals surface area contributed by atoms with Gasteiger partial charge in [-0.05, 0) is 38.5 Å². The molecule has 11 heteroatoms. The van der Waals surface area contributed by atoms with Gasteiger partial charge in [-0.3, -0.25) is 14.2 Å². The lowest BCUT2D eigenvalue weighted by Gasteiger charge is -2.09. The molecular formula is C20H21ClF3N5O2. The zero-order chi connectivity index (χ0) is 22.9. The van der Waals surface area contributed by atoms with Crippen molar-refractivity contribution in [1.29, 1.82) is 0 Å². The number of amides is 1. The van der Waals surface area contributed by atoms with Crippen molar-refractivity contribution in [2.24, 2.45) is 0 Å². The second kappa shape index (κ2) is 8.62. The van der Waals surface area contributed by atoms with E-state index in [1.807, 2.05) is 24.3 Å². The number of hydrogen-bond donors (Lipinski definition) is 1. The summed E-state index contributed by atoms with van der Waals surface area (Å²) in [5.41, 5.74) is 1.60. The van der Waals surface area contributed by atoms with Gasteiger partial charge in [0.15, 0.2) is 5.69 Å². The molecule has 0 aliphatic carbocycles. The zero-order valence-corrected chi connectivity index (χ0v) is 18.1. The molecule has 166 valence electrons. The van der Waals surface area contributed by atoms with Crippen LogP contribution in [0.1, 0.15) is 28.3 Å². The molecule has 0 saturated carbocycles. The molecule has 2 heterocycles. The van der Waals surface area contributed by atoms with Crippen molar-refractivity contribution in [3.8, 4) is 5.75 Å². The first-order chi connectivity index (χ1) is 14.5. The van der Waals surface area contributed by atoms with E-state index < -0.39 is 29.3 Å². The first-order valence-corrected chi connectivity index (χ1v) is 9.66. The van der Waals surface area contributed by atoms with Crippen molar-refractivity contribution in [2.75, 3.05) is 12.4 Å². The predicted molar refractivity (Wildman–Crippen MR) is 109 cm³/mol. The maximum Gasteiger partial charge on any atom is 0.436 e. The number of anilines is 1. The molecule has 3 rings (SSSR count). The van der Waals surface area contributed by atoms with Crippen LogP contribution in [0.3, 0.4) is 0 Å². The Morgan fingerprint density at radius 2 is 1.87 bits per heavy atom. The van der Waals surface area contributed by atoms with Gasteiger partial charge in [0.25, 0.3) is 0 Å². The number of hydrogen-bond acceptors (Lipinski definition) is 4. The van der Waals surface area contributed by atoms with E-state index >= 15 is 0 Å². The zero-order valence-electron chi connectivity index (χ0n) is 17.3. The number of nitrogens with zero attached hydrogens (tertiary/aromatic N) is 4. The Kier molecular flexibility index (Phi) is 6.30. The third-order valence-corrected chi connectivity index (χ3v) is 5.26. The second-order valence-corrected chi connectivity index (χ2v) is 7.38. The van der Waals surface area contributed by atoms with Crippen LogP contribution in [0.25, 0.3) is 0 Å². The number of nitrogens with one attached hydrogen (secondary N) is 1. The van der Waals surface area contributed by atoms with Crippen molar-refractivity contribution < 1.29 is 22.7 Å². The topological polar surface area (TPSA) is 74.0 Å². The summed E-state index contributed by atoms with van der Waals surface area (Å²) in [5.74, 6) is 0.183. The molecule has 0 radical (unpaired) electrons. The smallest absolute Gasteiger partial charge is 0.436 e. The molecule has 0 fully saturated rings. The van der Waals surface area contributed by atoms with Crippen LogP contribution in [0, 0.1) is 20.8 Å². The van der Waals surface area contributed by atoms with E-state index in [2.05, 4.69) is 15.5 Å². The molecule has 2 aromatic heterocycles. The molecule has 0 aliphatic rings. The molecule has 31 heavy (non-hydrogen) atoms. The van der Waals surface area contributed by atoms with Crippen molar-refractivity contribution >= 4 is 23.2 Å². The van der Waals surface area contributed by atoms with E-state index in [0.717, 1.165) is 16.0 Å². The van der Waals surface area contributed by atoms with E-state index in [9.17, 15) is 18.0 Å². The van der Waals surface area contributed by atoms with Crippen molar-refractivity contribution in [3.05, 3.63) is 57.6 Å². The molecule has 0 atom stereocenters. The van der Waals surface area contributed by atoms with Crippen molar-refractivity contribution in [1.82, 2.24) is 19.6 Å². The number of aromatic nitrogens is 4. The number of benzene rings is 1. The Balaban J connectivity index is 1.77. The Hall–Kier alpha value is -3.01. The summed E-state index contributed by atoms with van der Waals surface area (Å²) in [6, 6.07) is 7.52. The maximum atomic E-state index is 13.0. The molecule has 0 aliphatic heterocycles. The molecule has 7 nitrogen and oxygen atoms in total. The van der Waals surface area contributed by atoms with Gasteiger partial charge in [0, 0.05) is 0 Å². The first kappa shape index (κ1) is 22.7. The summed E-state index contributed by atoms with van der Waals surface area (Å²) in [4.78, 5) is 12.5. The fourth-order valence-electron chi connectivity index (χ4n) is 3.15. The molecule has 1 N–H and O–H groups in total. The van der Waals surface area contributed by atoms with Gasteiger partial charge >= 0.3 is 6.18 Å². The number of carbonyl (C=O) groups is 1. The highest BCUT2D eigenvalue weighted by Gasteiger charge is 2.38. The molecule has 0 bridgehead atoms. The standard InChI is InChI=1S/C20H21ClF3N5O2/c1-11-18(13(3)28(26-11)9-14-6-5-7-15(8-14)31-4)25-16(30)10-29-12(2)17(21)19(27-29)20(22,23)24/h5-8H,9-10H2,1-4H3,(H,25,30). The van der Waals surface area contributed by atoms with E-state index in [0.29, 0.717) is 23.6 Å². The SMILES string of the molecule is COc1cccc(Cn2nc(C)c(NC(=O)Cn3nc(C(F)(F)F)c(Cl)c3C)c2C)c1. The van der Waals surface area contributed by atoms with Crippen molar-refractivity contribution in [2.45, 2.75) is 40.0 Å². The third kappa shape index (κ3) is 4.84. The molecular weight excluding hydrogens is 435 g/mol. The van der Waals surface area contributed by atoms with E-state index in [1.165, 1.54) is 6.92 Å². The van der Waals surface area contributed by atoms with Crippen LogP contribution in [-0.2, 0) is 24.1 Å². The highest BCUT2D eigenvalue weighted by molar-refractivity contribution is 6.32. The first-order valence-electron chi connectivity index (χ1n) is 9.28. The Labute approximate surface area is 181 Å². The number of rotatable bonds is 6. The number of methoxy groups -OCH3 is 1. The van der Waals surface area contributed by atoms with E-state index in [4.69, 9.17) is 16.3 Å². The van der Waals surface area contributed by atoms with Crippen LogP contribution >= 0.6 is 11.6 Å². The van der Waals surface area contributed by atoms with Crippen molar-refractivity contribution in [3.63, 3.8) is 0 Å². The largest absolute Gasteiger partial charge is 0.497 e. The lowest BCUT2D eigenvalue weighted by molar-refractivity contribution is -0.141. The summed E-state index contributed by atoms with van der Waals surface area (Å²) >= 11 is 5.74. The second-order valence-electron chi connectivity index (χ2n) is 7.01. The summed E-state index contributed by atoms with van der Waals surface area (Å²) in [6.07, 6.45) is -4.70. The molecule has 3 aromatic rings. The third-order valence-electron chi connectivity index (χ3n) is 4.81. The Morgan fingerprint density at radius 3 is 2.48 bits per heavy atom. The highest BCUT2D eigenvalue weighted by Crippen LogP contribution is 2.35. The lowest BCUT2D eigenvalue weighted by Crippen LogP contribution is -2.21. The molecule has 1 amide bonds. The normalized spacial score (nSPS) is 11.6. The minimum Gasteiger partial charge on any atom is -0.497 e. The summed E-state index contributed by atoms with van der Waals surface area (Å²) in [6.45, 7) is 4.96. The summed E-state index contributed by atoms with van der Waals surface area (Å²) in [5, 5.41) is 10.1. The van der Waals surface area contributed by atoms with Gasteiger partial charge in [-0.2, -0.15) is 23.4 Å². The van der Waals surface area contributed by atoms with Crippen LogP contribution in [0.5, 0.6) is 5.75 Å². The van der Waals surface area contributed by atoms with Gasteiger partial charge in [-0.15, -0.1) is 0 Å². The van der Waals surface area contributed by atoms with Crippen LogP contribution in [-0.4, -0.2) is 32.6 Å². The average molecular weight is 456 g/mol. The predicted octanol–water partition coefficient (Wildman–Crippen LogP) is 4.37. The van der Waals surface area contributed by atoms with Crippen LogP contribution in [0.4, 0.5) is 18.9 Å². The lowest BCUT2D eigenvalue weighted by atomic mass is 10.2. The minimum atomic E-state index is -4.70. The van der Waals surface area contributed by atoms with Gasteiger partial charge in [-0.25, -0.2) is 0 Å². The van der Waals surface area contributed by atoms with Gasteiger partial charge in [0.2, 0.25) is 5.91 Å². The summed E-state index contributed by atoms with van der Waals surface area (Å²) in [7, 11) is 1.59. The highest BCUT2D eigenvalue weighted by atomic mass is 35.5. The number of carbonyl (C=O) groups excluding carboxylic acids is 1. The quantitative estimate of drug-likeness (QED) is 0.599. The van der Waals surface area contributed by atoms with Gasteiger partial charge in [0.1, 0.15) is 12.3 Å². The fourth-order valence-corrected chi connectivity index (χ4v) is 3.39. The number of aryl methyl sites for hydroxylation is 1. The molecule has 0 unspecified atom stereocenters.